The summed E-state index contributed by atoms with van der Waals surface area (Å²) in [5.74, 6) is 0. The number of nitrogens with zero attached hydrogens (tertiary/aromatic N) is 1. The SMILES string of the molecule is CCCCCCCCCc1ccccc1.c1cscn1. The summed E-state index contributed by atoms with van der Waals surface area (Å²) in [5.41, 5.74) is 3.28. The average Bonchev–Trinajstić information content (AvgIpc) is 3.07. The van der Waals surface area contributed by atoms with Crippen LogP contribution in [0.3, 0.4) is 0 Å². The number of aromatic nitrogens is 1. The van der Waals surface area contributed by atoms with Crippen LogP contribution in [0.1, 0.15) is 57.4 Å². The van der Waals surface area contributed by atoms with E-state index in [1.54, 1.807) is 23.0 Å². The van der Waals surface area contributed by atoms with E-state index in [1.807, 2.05) is 5.38 Å². The molecule has 1 heterocycles. The average molecular weight is 289 g/mol. The molecule has 1 nitrogen and oxygen atoms in total. The molecular weight excluding hydrogens is 262 g/mol. The predicted molar refractivity (Wildman–Crippen MR) is 90.3 cm³/mol. The molecule has 0 aliphatic carbocycles. The van der Waals surface area contributed by atoms with Crippen LogP contribution in [0.2, 0.25) is 0 Å². The van der Waals surface area contributed by atoms with Gasteiger partial charge in [0, 0.05) is 11.6 Å². The van der Waals surface area contributed by atoms with Gasteiger partial charge in [-0.15, -0.1) is 11.3 Å². The number of unbranched alkanes of at least 4 members (excludes halogenated alkanes) is 6. The summed E-state index contributed by atoms with van der Waals surface area (Å²) in [6.07, 6.45) is 12.8. The van der Waals surface area contributed by atoms with Crippen molar-refractivity contribution in [3.05, 3.63) is 53.0 Å². The molecule has 20 heavy (non-hydrogen) atoms. The van der Waals surface area contributed by atoms with Crippen LogP contribution in [-0.4, -0.2) is 4.98 Å². The van der Waals surface area contributed by atoms with E-state index in [-0.39, 0.29) is 0 Å². The van der Waals surface area contributed by atoms with Crippen LogP contribution in [0.5, 0.6) is 0 Å². The number of aryl methyl sites for hydroxylation is 1. The molecular formula is C18H27NS. The summed E-state index contributed by atoms with van der Waals surface area (Å²) in [6, 6.07) is 10.8. The molecule has 1 aromatic carbocycles. The molecule has 0 spiro atoms. The lowest BCUT2D eigenvalue weighted by molar-refractivity contribution is 0.589. The van der Waals surface area contributed by atoms with Gasteiger partial charge in [-0.25, -0.2) is 0 Å². The lowest BCUT2D eigenvalue weighted by Gasteiger charge is -2.01. The van der Waals surface area contributed by atoms with Gasteiger partial charge in [0.2, 0.25) is 0 Å². The molecule has 0 aliphatic rings. The molecule has 0 N–H and O–H groups in total. The minimum Gasteiger partial charge on any atom is -0.253 e. The smallest absolute Gasteiger partial charge is 0.0791 e. The van der Waals surface area contributed by atoms with Crippen molar-refractivity contribution in [3.63, 3.8) is 0 Å². The molecule has 0 aliphatic heterocycles. The van der Waals surface area contributed by atoms with Crippen LogP contribution >= 0.6 is 11.3 Å². The second-order valence-electron chi connectivity index (χ2n) is 5.03. The number of benzene rings is 1. The van der Waals surface area contributed by atoms with Crippen LogP contribution in [0.4, 0.5) is 0 Å². The van der Waals surface area contributed by atoms with Crippen molar-refractivity contribution in [1.82, 2.24) is 4.98 Å². The maximum absolute atomic E-state index is 3.74. The van der Waals surface area contributed by atoms with Crippen molar-refractivity contribution in [2.75, 3.05) is 0 Å². The van der Waals surface area contributed by atoms with Gasteiger partial charge in [-0.05, 0) is 18.4 Å². The van der Waals surface area contributed by atoms with Gasteiger partial charge < -0.3 is 0 Å². The second-order valence-corrected chi connectivity index (χ2v) is 5.79. The van der Waals surface area contributed by atoms with Gasteiger partial charge in [0.25, 0.3) is 0 Å². The molecule has 0 saturated carbocycles. The fourth-order valence-electron chi connectivity index (χ4n) is 2.11. The fourth-order valence-corrected chi connectivity index (χ4v) is 2.46. The van der Waals surface area contributed by atoms with Gasteiger partial charge >= 0.3 is 0 Å². The van der Waals surface area contributed by atoms with E-state index >= 15 is 0 Å². The van der Waals surface area contributed by atoms with Crippen molar-refractivity contribution in [2.24, 2.45) is 0 Å². The zero-order valence-electron chi connectivity index (χ0n) is 12.6. The molecule has 0 amide bonds. The highest BCUT2D eigenvalue weighted by atomic mass is 32.1. The van der Waals surface area contributed by atoms with E-state index in [2.05, 4.69) is 42.2 Å². The first-order chi connectivity index (χ1) is 9.93. The highest BCUT2D eigenvalue weighted by Crippen LogP contribution is 2.10. The maximum atomic E-state index is 3.74. The molecule has 0 saturated heterocycles. The van der Waals surface area contributed by atoms with Gasteiger partial charge in [-0.2, -0.15) is 0 Å². The molecule has 2 heteroatoms. The van der Waals surface area contributed by atoms with Crippen molar-refractivity contribution in [3.8, 4) is 0 Å². The first-order valence-electron chi connectivity index (χ1n) is 7.79. The Bertz CT molecular complexity index is 366. The normalized spacial score (nSPS) is 9.85. The Hall–Kier alpha value is -1.15. The number of rotatable bonds is 8. The van der Waals surface area contributed by atoms with Gasteiger partial charge in [-0.1, -0.05) is 75.8 Å². The summed E-state index contributed by atoms with van der Waals surface area (Å²) in [6.45, 7) is 2.27. The summed E-state index contributed by atoms with van der Waals surface area (Å²) in [5, 5.41) is 1.93. The van der Waals surface area contributed by atoms with Crippen LogP contribution in [-0.2, 0) is 6.42 Å². The van der Waals surface area contributed by atoms with Gasteiger partial charge in [0.05, 0.1) is 5.51 Å². The van der Waals surface area contributed by atoms with Gasteiger partial charge in [-0.3, -0.25) is 4.98 Å². The Kier molecular flexibility index (Phi) is 10.9. The standard InChI is InChI=1S/C15H24.C3H3NS/c1-2-3-4-5-6-7-9-12-15-13-10-8-11-14-15;1-2-5-3-4-1/h8,10-11,13-14H,2-7,9,12H2,1H3;1-3H. The van der Waals surface area contributed by atoms with Crippen molar-refractivity contribution in [1.29, 1.82) is 0 Å². The highest BCUT2D eigenvalue weighted by Gasteiger charge is 1.92. The number of hydrogen-bond donors (Lipinski definition) is 0. The molecule has 0 atom stereocenters. The third-order valence-corrected chi connectivity index (χ3v) is 3.78. The minimum absolute atomic E-state index is 1.26. The Morgan fingerprint density at radius 1 is 0.900 bits per heavy atom. The lowest BCUT2D eigenvalue weighted by atomic mass is 10.0. The van der Waals surface area contributed by atoms with E-state index in [9.17, 15) is 0 Å². The lowest BCUT2D eigenvalue weighted by Crippen LogP contribution is -1.85. The van der Waals surface area contributed by atoms with E-state index in [4.69, 9.17) is 0 Å². The zero-order chi connectivity index (χ0) is 14.3. The van der Waals surface area contributed by atoms with Crippen molar-refractivity contribution < 1.29 is 0 Å². The van der Waals surface area contributed by atoms with Gasteiger partial charge in [0.15, 0.2) is 0 Å². The molecule has 1 aromatic heterocycles. The van der Waals surface area contributed by atoms with Crippen LogP contribution in [0.25, 0.3) is 0 Å². The van der Waals surface area contributed by atoms with E-state index in [0.717, 1.165) is 0 Å². The zero-order valence-corrected chi connectivity index (χ0v) is 13.4. The summed E-state index contributed by atoms with van der Waals surface area (Å²) in [4.78, 5) is 3.74. The molecule has 0 fully saturated rings. The minimum atomic E-state index is 1.26. The van der Waals surface area contributed by atoms with Crippen LogP contribution in [0, 0.1) is 0 Å². The maximum Gasteiger partial charge on any atom is 0.0791 e. The van der Waals surface area contributed by atoms with E-state index in [0.29, 0.717) is 0 Å². The third kappa shape index (κ3) is 9.74. The highest BCUT2D eigenvalue weighted by molar-refractivity contribution is 7.07. The first kappa shape index (κ1) is 16.9. The fraction of sp³-hybridized carbons (Fsp3) is 0.500. The van der Waals surface area contributed by atoms with E-state index in [1.165, 1.54) is 56.9 Å². The molecule has 2 aromatic rings. The van der Waals surface area contributed by atoms with Gasteiger partial charge in [0.1, 0.15) is 0 Å². The topological polar surface area (TPSA) is 12.9 Å². The molecule has 0 radical (unpaired) electrons. The quantitative estimate of drug-likeness (QED) is 0.533. The summed E-state index contributed by atoms with van der Waals surface area (Å²) >= 11 is 1.60. The Morgan fingerprint density at radius 2 is 1.60 bits per heavy atom. The molecule has 2 rings (SSSR count). The predicted octanol–water partition coefficient (Wildman–Crippen LogP) is 6.12. The summed E-state index contributed by atoms with van der Waals surface area (Å²) < 4.78 is 0. The molecule has 0 bridgehead atoms. The third-order valence-electron chi connectivity index (χ3n) is 3.26. The monoisotopic (exact) mass is 289 g/mol. The molecule has 0 unspecified atom stereocenters. The Balaban J connectivity index is 0.000000333. The Labute approximate surface area is 128 Å². The second kappa shape index (κ2) is 12.9. The first-order valence-corrected chi connectivity index (χ1v) is 8.74. The largest absolute Gasteiger partial charge is 0.253 e. The molecule has 110 valence electrons. The van der Waals surface area contributed by atoms with Crippen LogP contribution < -0.4 is 0 Å². The summed E-state index contributed by atoms with van der Waals surface area (Å²) in [7, 11) is 0. The number of thiazole rings is 1. The van der Waals surface area contributed by atoms with E-state index < -0.39 is 0 Å². The Morgan fingerprint density at radius 3 is 2.15 bits per heavy atom. The van der Waals surface area contributed by atoms with Crippen molar-refractivity contribution in [2.45, 2.75) is 58.3 Å². The van der Waals surface area contributed by atoms with Crippen LogP contribution in [0.15, 0.2) is 47.4 Å². The number of hydrogen-bond acceptors (Lipinski definition) is 2. The van der Waals surface area contributed by atoms with Crippen molar-refractivity contribution >= 4 is 11.3 Å².